The Labute approximate surface area is 135 Å². The first-order valence-electron chi connectivity index (χ1n) is 6.08. The molecule has 0 atom stereocenters. The number of para-hydroxylation sites is 1. The molecule has 3 rings (SSSR count). The zero-order chi connectivity index (χ0) is 13.5. The van der Waals surface area contributed by atoms with Crippen LogP contribution in [0.2, 0.25) is 0 Å². The first-order chi connectivity index (χ1) is 9.29. The van der Waals surface area contributed by atoms with Gasteiger partial charge in [0.1, 0.15) is 0 Å². The van der Waals surface area contributed by atoms with E-state index in [1.165, 1.54) is 10.3 Å². The highest BCUT2D eigenvalue weighted by atomic mass is 79.9. The second-order valence-corrected chi connectivity index (χ2v) is 5.35. The Hall–Kier alpha value is -1.44. The van der Waals surface area contributed by atoms with Crippen molar-refractivity contribution in [1.82, 2.24) is 9.88 Å². The van der Waals surface area contributed by atoms with Crippen LogP contribution in [0.1, 0.15) is 6.92 Å². The monoisotopic (exact) mass is 348 g/mol. The van der Waals surface area contributed by atoms with Gasteiger partial charge in [-0.1, -0.05) is 30.2 Å². The van der Waals surface area contributed by atoms with Gasteiger partial charge in [0.25, 0.3) is 0 Å². The van der Waals surface area contributed by atoms with Crippen molar-refractivity contribution in [2.45, 2.75) is 6.92 Å². The van der Waals surface area contributed by atoms with Gasteiger partial charge in [-0.3, -0.25) is 4.98 Å². The fraction of sp³-hybridized carbons (Fsp3) is 0.188. The lowest BCUT2D eigenvalue weighted by molar-refractivity contribution is 0.505. The summed E-state index contributed by atoms with van der Waals surface area (Å²) >= 11 is 1.84. The van der Waals surface area contributed by atoms with E-state index in [2.05, 4.69) is 41.1 Å². The van der Waals surface area contributed by atoms with Crippen LogP contribution in [0.5, 0.6) is 0 Å². The molecule has 0 aliphatic carbocycles. The lowest BCUT2D eigenvalue weighted by Gasteiger charge is -2.07. The molecule has 0 N–H and O–H groups in total. The summed E-state index contributed by atoms with van der Waals surface area (Å²) < 4.78 is 0. The number of hydrogen-bond acceptors (Lipinski definition) is 3. The van der Waals surface area contributed by atoms with E-state index in [1.807, 2.05) is 42.2 Å². The summed E-state index contributed by atoms with van der Waals surface area (Å²) in [7, 11) is 0. The van der Waals surface area contributed by atoms with Crippen LogP contribution in [0.4, 0.5) is 0 Å². The zero-order valence-corrected chi connectivity index (χ0v) is 13.9. The molecular formula is C16H17BrN2S. The van der Waals surface area contributed by atoms with Crippen LogP contribution in [0.3, 0.4) is 0 Å². The summed E-state index contributed by atoms with van der Waals surface area (Å²) in [6.45, 7) is 2.84. The lowest BCUT2D eigenvalue weighted by Crippen LogP contribution is -2.12. The number of pyridine rings is 1. The van der Waals surface area contributed by atoms with Gasteiger partial charge < -0.3 is 4.90 Å². The Morgan fingerprint density at radius 3 is 2.70 bits per heavy atom. The fourth-order valence-electron chi connectivity index (χ4n) is 1.74. The van der Waals surface area contributed by atoms with Crippen LogP contribution < -0.4 is 0 Å². The second-order valence-electron chi connectivity index (χ2n) is 4.16. The molecule has 4 heteroatoms. The first kappa shape index (κ1) is 16.6. The van der Waals surface area contributed by atoms with Gasteiger partial charge in [0.05, 0.1) is 17.9 Å². The number of hydrogen-bond donors (Lipinski definition) is 0. The highest BCUT2D eigenvalue weighted by Crippen LogP contribution is 2.23. The summed E-state index contributed by atoms with van der Waals surface area (Å²) in [5.74, 6) is 3.62. The van der Waals surface area contributed by atoms with Crippen molar-refractivity contribution in [3.05, 3.63) is 53.7 Å². The third kappa shape index (κ3) is 4.92. The van der Waals surface area contributed by atoms with Gasteiger partial charge in [-0.15, -0.1) is 35.2 Å². The number of fused-ring (bicyclic) bond motifs is 1. The van der Waals surface area contributed by atoms with E-state index < -0.39 is 0 Å². The highest BCUT2D eigenvalue weighted by molar-refractivity contribution is 8.93. The smallest absolute Gasteiger partial charge is 0.0795 e. The van der Waals surface area contributed by atoms with Crippen molar-refractivity contribution >= 4 is 39.6 Å². The number of aromatic nitrogens is 1. The molecule has 2 nitrogen and oxygen atoms in total. The molecule has 2 aromatic rings. The average molecular weight is 349 g/mol. The molecular weight excluding hydrogens is 332 g/mol. The van der Waals surface area contributed by atoms with Crippen molar-refractivity contribution in [1.29, 1.82) is 0 Å². The standard InChI is InChI=1S/C9H7N.C7H9NS.BrH/c1-2-6-9-8(4-1)5-3-7-10-9;1-3-4-8-5-7(2)9-6-8;/h1-7H;1,5H,4,6H2,2H3;1H. The first-order valence-corrected chi connectivity index (χ1v) is 7.06. The normalized spacial score (nSPS) is 12.8. The van der Waals surface area contributed by atoms with Crippen LogP contribution in [-0.4, -0.2) is 22.3 Å². The summed E-state index contributed by atoms with van der Waals surface area (Å²) in [5, 5.41) is 1.20. The lowest BCUT2D eigenvalue weighted by atomic mass is 10.2. The van der Waals surface area contributed by atoms with Crippen molar-refractivity contribution in [3.63, 3.8) is 0 Å². The average Bonchev–Trinajstić information content (AvgIpc) is 2.86. The van der Waals surface area contributed by atoms with Gasteiger partial charge >= 0.3 is 0 Å². The highest BCUT2D eigenvalue weighted by Gasteiger charge is 2.06. The third-order valence-electron chi connectivity index (χ3n) is 2.63. The Kier molecular flexibility index (Phi) is 7.21. The third-order valence-corrected chi connectivity index (χ3v) is 3.65. The Balaban J connectivity index is 0.000000192. The number of benzene rings is 1. The number of allylic oxidation sites excluding steroid dienone is 1. The van der Waals surface area contributed by atoms with Crippen LogP contribution in [-0.2, 0) is 0 Å². The molecule has 0 unspecified atom stereocenters. The minimum absolute atomic E-state index is 0. The van der Waals surface area contributed by atoms with Gasteiger partial charge in [0.2, 0.25) is 0 Å². The molecule has 0 saturated carbocycles. The number of rotatable bonds is 1. The summed E-state index contributed by atoms with van der Waals surface area (Å²) in [6, 6.07) is 12.1. The number of nitrogens with zero attached hydrogens (tertiary/aromatic N) is 2. The maximum absolute atomic E-state index is 5.12. The van der Waals surface area contributed by atoms with Crippen LogP contribution >= 0.6 is 28.7 Å². The predicted molar refractivity (Wildman–Crippen MR) is 93.8 cm³/mol. The predicted octanol–water partition coefficient (Wildman–Crippen LogP) is 4.30. The molecule has 0 bridgehead atoms. The van der Waals surface area contributed by atoms with Gasteiger partial charge in [-0.05, 0) is 24.0 Å². The minimum atomic E-state index is 0. The zero-order valence-electron chi connectivity index (χ0n) is 11.3. The summed E-state index contributed by atoms with van der Waals surface area (Å²) in [4.78, 5) is 7.66. The van der Waals surface area contributed by atoms with Crippen LogP contribution in [0, 0.1) is 12.3 Å². The summed E-state index contributed by atoms with van der Waals surface area (Å²) in [5.41, 5.74) is 1.06. The SMILES string of the molecule is Br.C#CCN1C=C(C)SC1.c1ccc2ncccc2c1. The molecule has 0 spiro atoms. The van der Waals surface area contributed by atoms with Gasteiger partial charge in [-0.25, -0.2) is 0 Å². The number of thioether (sulfide) groups is 1. The maximum atomic E-state index is 5.12. The number of terminal acetylenes is 1. The van der Waals surface area contributed by atoms with Crippen LogP contribution in [0.25, 0.3) is 10.9 Å². The van der Waals surface area contributed by atoms with Gasteiger partial charge in [-0.2, -0.15) is 0 Å². The Bertz CT molecular complexity index is 554. The van der Waals surface area contributed by atoms with E-state index in [0.717, 1.165) is 17.9 Å². The maximum Gasteiger partial charge on any atom is 0.0795 e. The van der Waals surface area contributed by atoms with Crippen molar-refractivity contribution in [2.75, 3.05) is 12.4 Å². The molecule has 1 aromatic heterocycles. The minimum Gasteiger partial charge on any atom is -0.356 e. The Morgan fingerprint density at radius 1 is 1.30 bits per heavy atom. The molecule has 2 heterocycles. The molecule has 0 saturated heterocycles. The van der Waals surface area contributed by atoms with E-state index in [0.29, 0.717) is 0 Å². The second kappa shape index (κ2) is 8.68. The molecule has 0 amide bonds. The van der Waals surface area contributed by atoms with E-state index in [1.54, 1.807) is 0 Å². The van der Waals surface area contributed by atoms with Gasteiger partial charge in [0.15, 0.2) is 0 Å². The molecule has 1 aromatic carbocycles. The molecule has 104 valence electrons. The van der Waals surface area contributed by atoms with Crippen molar-refractivity contribution in [2.24, 2.45) is 0 Å². The van der Waals surface area contributed by atoms with Crippen molar-refractivity contribution in [3.8, 4) is 12.3 Å². The van der Waals surface area contributed by atoms with Crippen LogP contribution in [0.15, 0.2) is 53.7 Å². The summed E-state index contributed by atoms with van der Waals surface area (Å²) in [6.07, 6.45) is 9.03. The largest absolute Gasteiger partial charge is 0.356 e. The van der Waals surface area contributed by atoms with E-state index >= 15 is 0 Å². The van der Waals surface area contributed by atoms with Crippen molar-refractivity contribution < 1.29 is 0 Å². The molecule has 1 aliphatic heterocycles. The topological polar surface area (TPSA) is 16.1 Å². The number of halogens is 1. The molecule has 0 fully saturated rings. The van der Waals surface area contributed by atoms with E-state index in [4.69, 9.17) is 6.42 Å². The van der Waals surface area contributed by atoms with Gasteiger partial charge in [0, 0.05) is 17.8 Å². The fourth-order valence-corrected chi connectivity index (χ4v) is 2.50. The van der Waals surface area contributed by atoms with E-state index in [9.17, 15) is 0 Å². The van der Waals surface area contributed by atoms with E-state index in [-0.39, 0.29) is 17.0 Å². The quantitative estimate of drug-likeness (QED) is 0.714. The molecule has 1 aliphatic rings. The Morgan fingerprint density at radius 2 is 2.05 bits per heavy atom. The molecule has 20 heavy (non-hydrogen) atoms. The molecule has 0 radical (unpaired) electrons.